The van der Waals surface area contributed by atoms with Gasteiger partial charge in [0, 0.05) is 0 Å². The number of aromatic hydroxyl groups is 1. The number of halogens is 8. The largest absolute Gasteiger partial charge is 0.504 e. The number of hydrogen-bond acceptors (Lipinski definition) is 2. The molecule has 0 unspecified atom stereocenters. The van der Waals surface area contributed by atoms with E-state index in [4.69, 9.17) is 0 Å². The first kappa shape index (κ1) is 17.8. The lowest BCUT2D eigenvalue weighted by Gasteiger charge is -2.24. The van der Waals surface area contributed by atoms with Crippen molar-refractivity contribution in [3.8, 4) is 17.2 Å². The van der Waals surface area contributed by atoms with Gasteiger partial charge in [0.1, 0.15) is 11.3 Å². The average Bonchev–Trinajstić information content (AvgIpc) is 2.50. The van der Waals surface area contributed by atoms with E-state index in [1.54, 1.807) is 0 Å². The Kier molecular flexibility index (Phi) is 4.34. The number of rotatable bonds is 3. The number of phenols is 1. The second-order valence-electron chi connectivity index (χ2n) is 4.48. The Balaban J connectivity index is 2.77. The molecule has 24 heavy (non-hydrogen) atoms. The molecule has 0 atom stereocenters. The summed E-state index contributed by atoms with van der Waals surface area (Å²) >= 11 is 0. The quantitative estimate of drug-likeness (QED) is 0.599. The number of phenolic OH excluding ortho intramolecular Hbond substituents is 1. The highest BCUT2D eigenvalue weighted by molar-refractivity contribution is 5.51. The minimum absolute atomic E-state index is 0.443. The zero-order valence-electron chi connectivity index (χ0n) is 11.3. The predicted molar refractivity (Wildman–Crippen MR) is 64.4 cm³/mol. The van der Waals surface area contributed by atoms with Crippen LogP contribution in [0.15, 0.2) is 30.3 Å². The van der Waals surface area contributed by atoms with Gasteiger partial charge in [-0.05, 0) is 12.1 Å². The van der Waals surface area contributed by atoms with Crippen molar-refractivity contribution in [2.45, 2.75) is 12.1 Å². The topological polar surface area (TPSA) is 29.5 Å². The standard InChI is InChI=1S/C14H6F8O2/c15-8-9(16)11(23)7(13(18,19)14(20,21)22)12(10(8)17)24-6-4-2-1-3-5-6/h1-5,23H. The van der Waals surface area contributed by atoms with Crippen LogP contribution < -0.4 is 4.74 Å². The van der Waals surface area contributed by atoms with Crippen molar-refractivity contribution < 1.29 is 45.0 Å². The van der Waals surface area contributed by atoms with Crippen LogP contribution in [-0.2, 0) is 5.92 Å². The van der Waals surface area contributed by atoms with Gasteiger partial charge in [0.2, 0.25) is 17.5 Å². The molecule has 0 amide bonds. The van der Waals surface area contributed by atoms with Gasteiger partial charge in [-0.3, -0.25) is 0 Å². The van der Waals surface area contributed by atoms with Crippen LogP contribution in [0.4, 0.5) is 35.1 Å². The second kappa shape index (κ2) is 5.84. The first-order valence-corrected chi connectivity index (χ1v) is 6.05. The van der Waals surface area contributed by atoms with Gasteiger partial charge < -0.3 is 9.84 Å². The van der Waals surface area contributed by atoms with Crippen molar-refractivity contribution in [2.75, 3.05) is 0 Å². The maximum absolute atomic E-state index is 13.8. The van der Waals surface area contributed by atoms with Crippen LogP contribution in [0.1, 0.15) is 5.56 Å². The third kappa shape index (κ3) is 2.83. The van der Waals surface area contributed by atoms with Gasteiger partial charge in [-0.1, -0.05) is 18.2 Å². The zero-order chi connectivity index (χ0) is 18.3. The van der Waals surface area contributed by atoms with Crippen LogP contribution in [-0.4, -0.2) is 11.3 Å². The Hall–Kier alpha value is -2.52. The maximum atomic E-state index is 13.8. The molecule has 130 valence electrons. The molecule has 0 aromatic heterocycles. The normalized spacial score (nSPS) is 12.3. The molecule has 0 heterocycles. The van der Waals surface area contributed by atoms with E-state index in [-0.39, 0.29) is 0 Å². The van der Waals surface area contributed by atoms with Crippen LogP contribution in [0.2, 0.25) is 0 Å². The van der Waals surface area contributed by atoms with Crippen molar-refractivity contribution in [2.24, 2.45) is 0 Å². The molecule has 0 fully saturated rings. The molecule has 0 aliphatic rings. The molecule has 2 rings (SSSR count). The summed E-state index contributed by atoms with van der Waals surface area (Å²) in [6.07, 6.45) is -6.32. The maximum Gasteiger partial charge on any atom is 0.458 e. The van der Waals surface area contributed by atoms with E-state index >= 15 is 0 Å². The minimum Gasteiger partial charge on any atom is -0.504 e. The van der Waals surface area contributed by atoms with Crippen molar-refractivity contribution >= 4 is 0 Å². The van der Waals surface area contributed by atoms with Crippen LogP contribution in [0.25, 0.3) is 0 Å². The highest BCUT2D eigenvalue weighted by atomic mass is 19.4. The van der Waals surface area contributed by atoms with Gasteiger partial charge in [-0.2, -0.15) is 30.7 Å². The molecule has 0 saturated carbocycles. The molecule has 0 aliphatic heterocycles. The molecule has 0 saturated heterocycles. The summed E-state index contributed by atoms with van der Waals surface area (Å²) in [7, 11) is 0. The fraction of sp³-hybridized carbons (Fsp3) is 0.143. The molecular formula is C14H6F8O2. The first-order chi connectivity index (χ1) is 11.0. The Bertz CT molecular complexity index is 756. The van der Waals surface area contributed by atoms with Crippen molar-refractivity contribution in [1.29, 1.82) is 0 Å². The van der Waals surface area contributed by atoms with Crippen molar-refractivity contribution in [1.82, 2.24) is 0 Å². The number of benzene rings is 2. The molecule has 0 aliphatic carbocycles. The van der Waals surface area contributed by atoms with E-state index < -0.39 is 52.4 Å². The summed E-state index contributed by atoms with van der Waals surface area (Å²) in [4.78, 5) is 0. The van der Waals surface area contributed by atoms with Gasteiger partial charge in [0.15, 0.2) is 11.5 Å². The predicted octanol–water partition coefficient (Wildman–Crippen LogP) is 5.26. The zero-order valence-corrected chi connectivity index (χ0v) is 11.3. The molecule has 0 spiro atoms. The lowest BCUT2D eigenvalue weighted by molar-refractivity contribution is -0.290. The fourth-order valence-corrected chi connectivity index (χ4v) is 1.76. The number of alkyl halides is 5. The second-order valence-corrected chi connectivity index (χ2v) is 4.48. The monoisotopic (exact) mass is 358 g/mol. The molecule has 2 aromatic rings. The lowest BCUT2D eigenvalue weighted by Crippen LogP contribution is -2.34. The smallest absolute Gasteiger partial charge is 0.458 e. The van der Waals surface area contributed by atoms with Crippen molar-refractivity contribution in [3.63, 3.8) is 0 Å². The lowest BCUT2D eigenvalue weighted by atomic mass is 10.0. The third-order valence-corrected chi connectivity index (χ3v) is 2.89. The number of para-hydroxylation sites is 1. The number of hydrogen-bond donors (Lipinski definition) is 1. The van der Waals surface area contributed by atoms with Crippen LogP contribution in [0.5, 0.6) is 17.2 Å². The third-order valence-electron chi connectivity index (χ3n) is 2.89. The molecule has 2 nitrogen and oxygen atoms in total. The van der Waals surface area contributed by atoms with Crippen LogP contribution in [0.3, 0.4) is 0 Å². The van der Waals surface area contributed by atoms with Gasteiger partial charge in [0.25, 0.3) is 0 Å². The highest BCUT2D eigenvalue weighted by Crippen LogP contribution is 2.53. The molecular weight excluding hydrogens is 352 g/mol. The summed E-state index contributed by atoms with van der Waals surface area (Å²) in [6, 6.07) is 6.00. The number of ether oxygens (including phenoxy) is 1. The van der Waals surface area contributed by atoms with E-state index in [0.717, 1.165) is 12.1 Å². The van der Waals surface area contributed by atoms with Gasteiger partial charge in [-0.15, -0.1) is 0 Å². The van der Waals surface area contributed by atoms with Gasteiger partial charge >= 0.3 is 12.1 Å². The summed E-state index contributed by atoms with van der Waals surface area (Å²) in [6.45, 7) is 0. The summed E-state index contributed by atoms with van der Waals surface area (Å²) < 4.78 is 110. The molecule has 2 aromatic carbocycles. The van der Waals surface area contributed by atoms with E-state index in [2.05, 4.69) is 4.74 Å². The average molecular weight is 358 g/mol. The Morgan fingerprint density at radius 3 is 1.83 bits per heavy atom. The van der Waals surface area contributed by atoms with Gasteiger partial charge in [0.05, 0.1) is 0 Å². The fourth-order valence-electron chi connectivity index (χ4n) is 1.76. The summed E-state index contributed by atoms with van der Waals surface area (Å²) in [5.41, 5.74) is -2.56. The molecule has 0 bridgehead atoms. The molecule has 0 radical (unpaired) electrons. The minimum atomic E-state index is -6.32. The molecule has 1 N–H and O–H groups in total. The van der Waals surface area contributed by atoms with Crippen LogP contribution in [0, 0.1) is 17.5 Å². The summed E-state index contributed by atoms with van der Waals surface area (Å²) in [5, 5.41) is 9.22. The summed E-state index contributed by atoms with van der Waals surface area (Å²) in [5.74, 6) is -18.2. The van der Waals surface area contributed by atoms with Gasteiger partial charge in [-0.25, -0.2) is 4.39 Å². The Labute approximate surface area is 128 Å². The van der Waals surface area contributed by atoms with Crippen LogP contribution >= 0.6 is 0 Å². The van der Waals surface area contributed by atoms with E-state index in [0.29, 0.717) is 0 Å². The highest BCUT2D eigenvalue weighted by Gasteiger charge is 2.62. The SMILES string of the molecule is Oc1c(F)c(F)c(F)c(Oc2ccccc2)c1C(F)(F)C(F)(F)F. The van der Waals surface area contributed by atoms with E-state index in [1.807, 2.05) is 0 Å². The Morgan fingerprint density at radius 2 is 1.33 bits per heavy atom. The van der Waals surface area contributed by atoms with E-state index in [9.17, 15) is 40.2 Å². The van der Waals surface area contributed by atoms with E-state index in [1.165, 1.54) is 18.2 Å². The van der Waals surface area contributed by atoms with Crippen molar-refractivity contribution in [3.05, 3.63) is 53.3 Å². The Morgan fingerprint density at radius 1 is 0.792 bits per heavy atom. The molecule has 10 heteroatoms. The first-order valence-electron chi connectivity index (χ1n) is 6.05.